The van der Waals surface area contributed by atoms with Crippen molar-refractivity contribution in [2.45, 2.75) is 0 Å². The number of hydrogen-bond donors (Lipinski definition) is 2. The Labute approximate surface area is 138 Å². The van der Waals surface area contributed by atoms with E-state index < -0.39 is 28.9 Å². The summed E-state index contributed by atoms with van der Waals surface area (Å²) in [4.78, 5) is 15.6. The van der Waals surface area contributed by atoms with Gasteiger partial charge >= 0.3 is 0 Å². The molecule has 0 aliphatic carbocycles. The van der Waals surface area contributed by atoms with Crippen LogP contribution in [-0.2, 0) is 0 Å². The molecule has 1 fully saturated rings. The van der Waals surface area contributed by atoms with E-state index in [1.165, 1.54) is 4.90 Å². The van der Waals surface area contributed by atoms with E-state index in [-0.39, 0.29) is 38.1 Å². The summed E-state index contributed by atoms with van der Waals surface area (Å²) in [5.74, 6) is -5.48. The van der Waals surface area contributed by atoms with E-state index in [0.717, 1.165) is 12.1 Å². The molecule has 1 aliphatic heterocycles. The van der Waals surface area contributed by atoms with Crippen molar-refractivity contribution in [1.82, 2.24) is 9.80 Å². The fraction of sp³-hybridized carbons (Fsp3) is 0.562. The first-order valence-corrected chi connectivity index (χ1v) is 7.72. The van der Waals surface area contributed by atoms with Crippen LogP contribution < -0.4 is 0 Å². The highest BCUT2D eigenvalue weighted by molar-refractivity contribution is 5.94. The molecule has 1 amide bonds. The molecule has 2 rings (SSSR count). The number of nitrogens with zero attached hydrogens (tertiary/aromatic N) is 2. The Morgan fingerprint density at radius 2 is 1.88 bits per heavy atom. The minimum Gasteiger partial charge on any atom is -0.396 e. The molecule has 2 atom stereocenters. The van der Waals surface area contributed by atoms with E-state index in [1.807, 2.05) is 11.9 Å². The van der Waals surface area contributed by atoms with Gasteiger partial charge in [-0.25, -0.2) is 13.2 Å². The van der Waals surface area contributed by atoms with E-state index in [0.29, 0.717) is 13.1 Å². The van der Waals surface area contributed by atoms with E-state index in [4.69, 9.17) is 5.11 Å². The molecule has 0 aromatic heterocycles. The zero-order valence-corrected chi connectivity index (χ0v) is 13.4. The predicted molar refractivity (Wildman–Crippen MR) is 80.9 cm³/mol. The maximum atomic E-state index is 13.8. The number of amides is 1. The van der Waals surface area contributed by atoms with Crippen molar-refractivity contribution in [1.29, 1.82) is 0 Å². The molecule has 0 bridgehead atoms. The topological polar surface area (TPSA) is 64.0 Å². The Bertz CT molecular complexity index is 600. The number of rotatable bonds is 6. The SMILES string of the molecule is CN(CCO)C[C@@H]1CN(C(=O)c2ccc(F)c(F)c2F)C[C@@H]1CO. The van der Waals surface area contributed by atoms with Gasteiger partial charge in [0.05, 0.1) is 12.2 Å². The number of aliphatic hydroxyl groups excluding tert-OH is 2. The highest BCUT2D eigenvalue weighted by Crippen LogP contribution is 2.26. The predicted octanol–water partition coefficient (Wildman–Crippen LogP) is 0.708. The Morgan fingerprint density at radius 3 is 2.50 bits per heavy atom. The average Bonchev–Trinajstić information content (AvgIpc) is 2.95. The van der Waals surface area contributed by atoms with E-state index in [1.54, 1.807) is 0 Å². The lowest BCUT2D eigenvalue weighted by atomic mass is 9.96. The third-order valence-electron chi connectivity index (χ3n) is 4.39. The molecule has 134 valence electrons. The van der Waals surface area contributed by atoms with Gasteiger partial charge in [-0.15, -0.1) is 0 Å². The van der Waals surface area contributed by atoms with Gasteiger partial charge in [0.1, 0.15) is 0 Å². The summed E-state index contributed by atoms with van der Waals surface area (Å²) in [7, 11) is 1.81. The van der Waals surface area contributed by atoms with Crippen molar-refractivity contribution in [3.63, 3.8) is 0 Å². The van der Waals surface area contributed by atoms with Crippen LogP contribution in [0.4, 0.5) is 13.2 Å². The van der Waals surface area contributed by atoms with Crippen LogP contribution in [0.5, 0.6) is 0 Å². The van der Waals surface area contributed by atoms with Crippen LogP contribution in [0, 0.1) is 29.3 Å². The number of aliphatic hydroxyl groups is 2. The summed E-state index contributed by atoms with van der Waals surface area (Å²) >= 11 is 0. The van der Waals surface area contributed by atoms with Gasteiger partial charge in [0.25, 0.3) is 5.91 Å². The Balaban J connectivity index is 2.12. The Kier molecular flexibility index (Phi) is 6.20. The van der Waals surface area contributed by atoms with Gasteiger partial charge in [-0.05, 0) is 25.1 Å². The third kappa shape index (κ3) is 3.88. The van der Waals surface area contributed by atoms with Crippen LogP contribution >= 0.6 is 0 Å². The van der Waals surface area contributed by atoms with Crippen molar-refractivity contribution in [2.75, 3.05) is 46.4 Å². The lowest BCUT2D eigenvalue weighted by Crippen LogP contribution is -2.33. The molecule has 1 aromatic carbocycles. The lowest BCUT2D eigenvalue weighted by molar-refractivity contribution is 0.0773. The minimum atomic E-state index is -1.67. The lowest BCUT2D eigenvalue weighted by Gasteiger charge is -2.23. The van der Waals surface area contributed by atoms with Gasteiger partial charge in [-0.2, -0.15) is 0 Å². The largest absolute Gasteiger partial charge is 0.396 e. The zero-order valence-electron chi connectivity index (χ0n) is 13.4. The van der Waals surface area contributed by atoms with Crippen LogP contribution in [0.2, 0.25) is 0 Å². The maximum Gasteiger partial charge on any atom is 0.256 e. The Morgan fingerprint density at radius 1 is 1.21 bits per heavy atom. The molecule has 0 radical (unpaired) electrons. The normalized spacial score (nSPS) is 20.9. The number of likely N-dealkylation sites (tertiary alicyclic amines) is 1. The number of likely N-dealkylation sites (N-methyl/N-ethyl adjacent to an activating group) is 1. The van der Waals surface area contributed by atoms with Crippen LogP contribution in [-0.4, -0.2) is 72.4 Å². The van der Waals surface area contributed by atoms with Gasteiger partial charge in [0, 0.05) is 38.7 Å². The van der Waals surface area contributed by atoms with Crippen LogP contribution in [0.3, 0.4) is 0 Å². The molecule has 24 heavy (non-hydrogen) atoms. The van der Waals surface area contributed by atoms with E-state index in [9.17, 15) is 23.1 Å². The molecule has 2 N–H and O–H groups in total. The molecule has 0 spiro atoms. The highest BCUT2D eigenvalue weighted by Gasteiger charge is 2.36. The van der Waals surface area contributed by atoms with Gasteiger partial charge in [0.15, 0.2) is 17.5 Å². The zero-order chi connectivity index (χ0) is 17.9. The number of halogens is 3. The molecule has 1 aromatic rings. The summed E-state index contributed by atoms with van der Waals surface area (Å²) in [6.45, 7) is 1.36. The first kappa shape index (κ1) is 18.7. The van der Waals surface area contributed by atoms with Gasteiger partial charge in [-0.1, -0.05) is 0 Å². The molecule has 0 saturated carbocycles. The number of benzene rings is 1. The highest BCUT2D eigenvalue weighted by atomic mass is 19.2. The fourth-order valence-electron chi connectivity index (χ4n) is 3.04. The molecular weight excluding hydrogens is 325 g/mol. The summed E-state index contributed by atoms with van der Waals surface area (Å²) in [6.07, 6.45) is 0. The average molecular weight is 346 g/mol. The van der Waals surface area contributed by atoms with Crippen molar-refractivity contribution in [2.24, 2.45) is 11.8 Å². The molecule has 1 heterocycles. The first-order valence-electron chi connectivity index (χ1n) is 7.72. The van der Waals surface area contributed by atoms with Crippen molar-refractivity contribution in [3.05, 3.63) is 35.1 Å². The van der Waals surface area contributed by atoms with Gasteiger partial charge in [0.2, 0.25) is 0 Å². The van der Waals surface area contributed by atoms with Crippen molar-refractivity contribution < 1.29 is 28.2 Å². The standard InChI is InChI=1S/C16H21F3N2O3/c1-20(4-5-22)6-10-7-21(8-11(10)9-23)16(24)12-2-3-13(17)15(19)14(12)18/h2-3,10-11,22-23H,4-9H2,1H3/t10-,11-/m1/s1. The monoisotopic (exact) mass is 346 g/mol. The minimum absolute atomic E-state index is 0.00424. The van der Waals surface area contributed by atoms with Crippen LogP contribution in [0.15, 0.2) is 12.1 Å². The second kappa shape index (κ2) is 7.96. The molecule has 0 unspecified atom stereocenters. The Hall–Kier alpha value is -1.64. The summed E-state index contributed by atoms with van der Waals surface area (Å²) in [5, 5.41) is 18.4. The van der Waals surface area contributed by atoms with Gasteiger partial charge in [-0.3, -0.25) is 4.79 Å². The second-order valence-corrected chi connectivity index (χ2v) is 6.12. The van der Waals surface area contributed by atoms with Crippen molar-refractivity contribution in [3.8, 4) is 0 Å². The molecule has 8 heteroatoms. The number of hydrogen-bond acceptors (Lipinski definition) is 4. The van der Waals surface area contributed by atoms with Crippen LogP contribution in [0.25, 0.3) is 0 Å². The quantitative estimate of drug-likeness (QED) is 0.745. The molecule has 1 aliphatic rings. The smallest absolute Gasteiger partial charge is 0.256 e. The van der Waals surface area contributed by atoms with E-state index in [2.05, 4.69) is 0 Å². The summed E-state index contributed by atoms with van der Waals surface area (Å²) in [6, 6.07) is 1.65. The first-order chi connectivity index (χ1) is 11.4. The maximum absolute atomic E-state index is 13.8. The summed E-state index contributed by atoms with van der Waals surface area (Å²) in [5.41, 5.74) is -0.519. The fourth-order valence-corrected chi connectivity index (χ4v) is 3.04. The number of carbonyl (C=O) groups excluding carboxylic acids is 1. The van der Waals surface area contributed by atoms with Crippen LogP contribution in [0.1, 0.15) is 10.4 Å². The van der Waals surface area contributed by atoms with Gasteiger partial charge < -0.3 is 20.0 Å². The molecule has 5 nitrogen and oxygen atoms in total. The molecular formula is C16H21F3N2O3. The second-order valence-electron chi connectivity index (χ2n) is 6.12. The van der Waals surface area contributed by atoms with E-state index >= 15 is 0 Å². The molecule has 1 saturated heterocycles. The number of carbonyl (C=O) groups is 1. The third-order valence-corrected chi connectivity index (χ3v) is 4.39. The van der Waals surface area contributed by atoms with Crippen molar-refractivity contribution >= 4 is 5.91 Å². The summed E-state index contributed by atoms with van der Waals surface area (Å²) < 4.78 is 40.1.